The topological polar surface area (TPSA) is 107 Å². The van der Waals surface area contributed by atoms with Crippen LogP contribution in [0.15, 0.2) is 71.5 Å². The lowest BCUT2D eigenvalue weighted by atomic mass is 10.1. The average molecular weight is 491 g/mol. The normalized spacial score (nSPS) is 12.4. The van der Waals surface area contributed by atoms with Crippen LogP contribution in [0.3, 0.4) is 0 Å². The van der Waals surface area contributed by atoms with Crippen LogP contribution in [-0.2, 0) is 6.54 Å². The van der Waals surface area contributed by atoms with Gasteiger partial charge in [-0.3, -0.25) is 9.59 Å². The van der Waals surface area contributed by atoms with E-state index in [0.29, 0.717) is 46.5 Å². The van der Waals surface area contributed by atoms with Crippen molar-refractivity contribution in [3.63, 3.8) is 0 Å². The Morgan fingerprint density at radius 2 is 1.71 bits per heavy atom. The number of nitrogens with one attached hydrogen (secondary N) is 1. The van der Waals surface area contributed by atoms with Gasteiger partial charge in [-0.25, -0.2) is 4.79 Å². The van der Waals surface area contributed by atoms with E-state index >= 15 is 0 Å². The number of hydrogen-bond donors (Lipinski definition) is 2. The van der Waals surface area contributed by atoms with Crippen molar-refractivity contribution in [2.45, 2.75) is 6.54 Å². The molecule has 1 aliphatic rings. The molecule has 0 saturated heterocycles. The van der Waals surface area contributed by atoms with Gasteiger partial charge in [0.1, 0.15) is 18.9 Å². The minimum absolute atomic E-state index is 0.0536. The van der Waals surface area contributed by atoms with Crippen molar-refractivity contribution < 1.29 is 24.2 Å². The molecule has 0 aliphatic carbocycles. The SMILES string of the molecule is O=C(NCc1c(C(=O)O)n(-c2ccccc2)c2cc(Cl)ccc2c1=O)c1ccc2c(c1)OCCO2. The fraction of sp³-hybridized carbons (Fsp3) is 0.115. The molecule has 35 heavy (non-hydrogen) atoms. The third-order valence-corrected chi connectivity index (χ3v) is 5.91. The number of carbonyl (C=O) groups is 2. The van der Waals surface area contributed by atoms with Crippen LogP contribution in [0.25, 0.3) is 16.6 Å². The number of aromatic nitrogens is 1. The van der Waals surface area contributed by atoms with Gasteiger partial charge in [0.25, 0.3) is 5.91 Å². The van der Waals surface area contributed by atoms with Crippen LogP contribution < -0.4 is 20.2 Å². The number of nitrogens with zero attached hydrogens (tertiary/aromatic N) is 1. The van der Waals surface area contributed by atoms with Crippen LogP contribution in [0, 0.1) is 0 Å². The molecule has 0 atom stereocenters. The number of carboxylic acids is 1. The van der Waals surface area contributed by atoms with Gasteiger partial charge in [0.15, 0.2) is 16.9 Å². The van der Waals surface area contributed by atoms with Gasteiger partial charge in [0.2, 0.25) is 0 Å². The molecule has 0 spiro atoms. The molecular formula is C26H19ClN2O6. The largest absolute Gasteiger partial charge is 0.486 e. The number of amides is 1. The number of carbonyl (C=O) groups excluding carboxylic acids is 1. The van der Waals surface area contributed by atoms with Crippen molar-refractivity contribution >= 4 is 34.4 Å². The maximum atomic E-state index is 13.4. The summed E-state index contributed by atoms with van der Waals surface area (Å²) < 4.78 is 12.5. The maximum Gasteiger partial charge on any atom is 0.353 e. The second kappa shape index (κ2) is 9.15. The van der Waals surface area contributed by atoms with Crippen molar-refractivity contribution in [3.05, 3.63) is 98.8 Å². The quantitative estimate of drug-likeness (QED) is 0.437. The minimum Gasteiger partial charge on any atom is -0.486 e. The zero-order valence-electron chi connectivity index (χ0n) is 18.3. The van der Waals surface area contributed by atoms with Crippen molar-refractivity contribution in [1.29, 1.82) is 0 Å². The molecule has 1 aromatic heterocycles. The zero-order chi connectivity index (χ0) is 24.5. The van der Waals surface area contributed by atoms with Crippen molar-refractivity contribution in [3.8, 4) is 17.2 Å². The van der Waals surface area contributed by atoms with Gasteiger partial charge in [-0.2, -0.15) is 0 Å². The standard InChI is InChI=1S/C26H19ClN2O6/c27-16-7-8-18-20(13-16)29(17-4-2-1-3-5-17)23(26(32)33)19(24(18)30)14-28-25(31)15-6-9-21-22(12-15)35-11-10-34-21/h1-9,12-13H,10-11,14H2,(H,28,31)(H,32,33). The van der Waals surface area contributed by atoms with Crippen LogP contribution in [0.2, 0.25) is 5.02 Å². The molecule has 3 aromatic carbocycles. The first-order chi connectivity index (χ1) is 16.9. The Bertz CT molecular complexity index is 1530. The molecule has 0 bridgehead atoms. The monoisotopic (exact) mass is 490 g/mol. The summed E-state index contributed by atoms with van der Waals surface area (Å²) in [5.41, 5.74) is 0.385. The minimum atomic E-state index is -1.31. The molecule has 9 heteroatoms. The number of rotatable bonds is 5. The smallest absolute Gasteiger partial charge is 0.353 e. The Morgan fingerprint density at radius 3 is 2.46 bits per heavy atom. The number of aromatic carboxylic acids is 1. The first kappa shape index (κ1) is 22.5. The lowest BCUT2D eigenvalue weighted by Gasteiger charge is -2.20. The van der Waals surface area contributed by atoms with E-state index in [2.05, 4.69) is 5.32 Å². The lowest BCUT2D eigenvalue weighted by Crippen LogP contribution is -2.30. The number of para-hydroxylation sites is 1. The summed E-state index contributed by atoms with van der Waals surface area (Å²) >= 11 is 6.18. The van der Waals surface area contributed by atoms with Gasteiger partial charge >= 0.3 is 5.97 Å². The highest BCUT2D eigenvalue weighted by Crippen LogP contribution is 2.31. The predicted octanol–water partition coefficient (Wildman–Crippen LogP) is 4.04. The second-order valence-electron chi connectivity index (χ2n) is 7.83. The van der Waals surface area contributed by atoms with E-state index in [1.165, 1.54) is 4.57 Å². The highest BCUT2D eigenvalue weighted by molar-refractivity contribution is 6.31. The Balaban J connectivity index is 1.60. The molecule has 0 saturated carbocycles. The number of benzene rings is 3. The van der Waals surface area contributed by atoms with Gasteiger partial charge in [0.05, 0.1) is 11.1 Å². The van der Waals surface area contributed by atoms with Gasteiger partial charge in [-0.1, -0.05) is 29.8 Å². The molecular weight excluding hydrogens is 472 g/mol. The number of pyridine rings is 1. The van der Waals surface area contributed by atoms with Crippen molar-refractivity contribution in [1.82, 2.24) is 9.88 Å². The summed E-state index contributed by atoms with van der Waals surface area (Å²) in [4.78, 5) is 38.7. The molecule has 0 radical (unpaired) electrons. The molecule has 5 rings (SSSR count). The fourth-order valence-corrected chi connectivity index (χ4v) is 4.26. The first-order valence-corrected chi connectivity index (χ1v) is 11.2. The number of hydrogen-bond acceptors (Lipinski definition) is 5. The first-order valence-electron chi connectivity index (χ1n) is 10.8. The highest BCUT2D eigenvalue weighted by atomic mass is 35.5. The van der Waals surface area contributed by atoms with E-state index in [4.69, 9.17) is 21.1 Å². The summed E-state index contributed by atoms with van der Waals surface area (Å²) in [7, 11) is 0. The average Bonchev–Trinajstić information content (AvgIpc) is 2.87. The Kier molecular flexibility index (Phi) is 5.88. The van der Waals surface area contributed by atoms with E-state index < -0.39 is 17.3 Å². The third-order valence-electron chi connectivity index (χ3n) is 5.68. The molecule has 1 amide bonds. The lowest BCUT2D eigenvalue weighted by molar-refractivity contribution is 0.0685. The number of fused-ring (bicyclic) bond motifs is 2. The fourth-order valence-electron chi connectivity index (χ4n) is 4.10. The molecule has 176 valence electrons. The van der Waals surface area contributed by atoms with Crippen molar-refractivity contribution in [2.24, 2.45) is 0 Å². The molecule has 2 N–H and O–H groups in total. The van der Waals surface area contributed by atoms with Gasteiger partial charge < -0.3 is 24.5 Å². The van der Waals surface area contributed by atoms with E-state index in [1.54, 1.807) is 66.7 Å². The molecule has 0 fully saturated rings. The van der Waals surface area contributed by atoms with E-state index in [0.717, 1.165) is 0 Å². The van der Waals surface area contributed by atoms with Gasteiger partial charge in [-0.05, 0) is 48.5 Å². The summed E-state index contributed by atoms with van der Waals surface area (Å²) in [6.45, 7) is 0.511. The maximum absolute atomic E-state index is 13.4. The van der Waals surface area contributed by atoms with E-state index in [1.807, 2.05) is 0 Å². The van der Waals surface area contributed by atoms with Crippen LogP contribution in [0.5, 0.6) is 11.5 Å². The summed E-state index contributed by atoms with van der Waals surface area (Å²) in [5.74, 6) is -0.805. The third kappa shape index (κ3) is 4.20. The Morgan fingerprint density at radius 1 is 0.971 bits per heavy atom. The molecule has 8 nitrogen and oxygen atoms in total. The van der Waals surface area contributed by atoms with Crippen LogP contribution >= 0.6 is 11.6 Å². The van der Waals surface area contributed by atoms with Gasteiger partial charge in [0, 0.05) is 28.2 Å². The molecule has 2 heterocycles. The summed E-state index contributed by atoms with van der Waals surface area (Å²) in [5, 5.41) is 13.5. The number of halogens is 1. The zero-order valence-corrected chi connectivity index (χ0v) is 19.0. The molecule has 4 aromatic rings. The van der Waals surface area contributed by atoms with Crippen LogP contribution in [-0.4, -0.2) is 34.8 Å². The number of ether oxygens (including phenoxy) is 2. The second-order valence-corrected chi connectivity index (χ2v) is 8.27. The van der Waals surface area contributed by atoms with Crippen LogP contribution in [0.4, 0.5) is 0 Å². The Hall–Kier alpha value is -4.30. The number of carboxylic acid groups (broad SMARTS) is 1. The summed E-state index contributed by atoms with van der Waals surface area (Å²) in [6, 6.07) is 18.2. The predicted molar refractivity (Wildman–Crippen MR) is 130 cm³/mol. The Labute approximate surface area is 204 Å². The molecule has 0 unspecified atom stereocenters. The van der Waals surface area contributed by atoms with E-state index in [9.17, 15) is 19.5 Å². The highest BCUT2D eigenvalue weighted by Gasteiger charge is 2.24. The van der Waals surface area contributed by atoms with Crippen LogP contribution in [0.1, 0.15) is 26.4 Å². The molecule has 1 aliphatic heterocycles. The van der Waals surface area contributed by atoms with E-state index in [-0.39, 0.29) is 23.2 Å². The summed E-state index contributed by atoms with van der Waals surface area (Å²) in [6.07, 6.45) is 0. The van der Waals surface area contributed by atoms with Crippen molar-refractivity contribution in [2.75, 3.05) is 13.2 Å². The van der Waals surface area contributed by atoms with Gasteiger partial charge in [-0.15, -0.1) is 0 Å².